The summed E-state index contributed by atoms with van der Waals surface area (Å²) < 4.78 is 5.79. The lowest BCUT2D eigenvalue weighted by molar-refractivity contribution is -0.0679. The van der Waals surface area contributed by atoms with E-state index in [1.807, 2.05) is 0 Å². The van der Waals surface area contributed by atoms with Gasteiger partial charge in [-0.3, -0.25) is 4.90 Å². The normalized spacial score (nSPS) is 22.0. The van der Waals surface area contributed by atoms with Crippen molar-refractivity contribution in [2.45, 2.75) is 52.9 Å². The Kier molecular flexibility index (Phi) is 8.22. The number of nitrogens with zero attached hydrogens (tertiary/aromatic N) is 2. The van der Waals surface area contributed by atoms with Crippen molar-refractivity contribution in [1.82, 2.24) is 15.5 Å². The van der Waals surface area contributed by atoms with Gasteiger partial charge in [0.25, 0.3) is 0 Å². The van der Waals surface area contributed by atoms with Crippen molar-refractivity contribution in [3.05, 3.63) is 35.4 Å². The maximum atomic E-state index is 5.79. The fraction of sp³-hybridized carbons (Fsp3) is 0.650. The minimum Gasteiger partial charge on any atom is -0.373 e. The van der Waals surface area contributed by atoms with Crippen molar-refractivity contribution < 1.29 is 4.74 Å². The first-order valence-corrected chi connectivity index (χ1v) is 9.52. The van der Waals surface area contributed by atoms with Gasteiger partial charge in [0.15, 0.2) is 5.96 Å². The van der Waals surface area contributed by atoms with Gasteiger partial charge < -0.3 is 15.4 Å². The molecule has 1 saturated heterocycles. The van der Waals surface area contributed by atoms with Gasteiger partial charge in [0.1, 0.15) is 0 Å². The molecule has 0 aliphatic carbocycles. The Hall–Kier alpha value is -1.59. The zero-order chi connectivity index (χ0) is 18.1. The predicted molar refractivity (Wildman–Crippen MR) is 105 cm³/mol. The van der Waals surface area contributed by atoms with E-state index in [0.29, 0.717) is 18.8 Å². The summed E-state index contributed by atoms with van der Waals surface area (Å²) in [6.45, 7) is 14.2. The molecule has 2 atom stereocenters. The number of ether oxygens (including phenoxy) is 1. The maximum absolute atomic E-state index is 5.79. The van der Waals surface area contributed by atoms with Crippen LogP contribution >= 0.6 is 0 Å². The highest BCUT2D eigenvalue weighted by Crippen LogP contribution is 2.10. The second kappa shape index (κ2) is 10.4. The van der Waals surface area contributed by atoms with Crippen molar-refractivity contribution in [2.75, 3.05) is 32.7 Å². The van der Waals surface area contributed by atoms with E-state index < -0.39 is 0 Å². The average molecular weight is 347 g/mol. The van der Waals surface area contributed by atoms with E-state index in [4.69, 9.17) is 9.73 Å². The van der Waals surface area contributed by atoms with Crippen molar-refractivity contribution in [3.8, 4) is 0 Å². The zero-order valence-electron chi connectivity index (χ0n) is 16.2. The molecule has 140 valence electrons. The second-order valence-corrected chi connectivity index (χ2v) is 6.98. The van der Waals surface area contributed by atoms with E-state index in [2.05, 4.69) is 67.5 Å². The third-order valence-electron chi connectivity index (χ3n) is 4.29. The van der Waals surface area contributed by atoms with Gasteiger partial charge in [-0.1, -0.05) is 29.8 Å². The molecule has 5 nitrogen and oxygen atoms in total. The molecule has 1 heterocycles. The molecule has 1 aliphatic heterocycles. The van der Waals surface area contributed by atoms with Crippen LogP contribution in [0.5, 0.6) is 0 Å². The molecule has 2 N–H and O–H groups in total. The lowest BCUT2D eigenvalue weighted by Gasteiger charge is -2.35. The van der Waals surface area contributed by atoms with E-state index >= 15 is 0 Å². The van der Waals surface area contributed by atoms with Gasteiger partial charge in [0.05, 0.1) is 18.8 Å². The summed E-state index contributed by atoms with van der Waals surface area (Å²) in [6.07, 6.45) is 1.78. The van der Waals surface area contributed by atoms with E-state index in [1.165, 1.54) is 11.1 Å². The van der Waals surface area contributed by atoms with Crippen molar-refractivity contribution in [2.24, 2.45) is 4.99 Å². The fourth-order valence-electron chi connectivity index (χ4n) is 3.30. The van der Waals surface area contributed by atoms with Gasteiger partial charge in [-0.25, -0.2) is 4.99 Å². The summed E-state index contributed by atoms with van der Waals surface area (Å²) in [7, 11) is 0. The molecule has 5 heteroatoms. The standard InChI is InChI=1S/C20H34N4O/c1-5-21-20(23-13-19-9-6-8-16(2)12-19)22-10-7-11-24-14-17(3)25-18(4)15-24/h6,8-9,12,17-18H,5,7,10-11,13-15H2,1-4H3,(H2,21,22,23). The largest absolute Gasteiger partial charge is 0.373 e. The molecule has 0 bridgehead atoms. The lowest BCUT2D eigenvalue weighted by atomic mass is 10.1. The van der Waals surface area contributed by atoms with Gasteiger partial charge in [0.2, 0.25) is 0 Å². The number of hydrogen-bond donors (Lipinski definition) is 2. The molecule has 0 saturated carbocycles. The average Bonchev–Trinajstić information content (AvgIpc) is 2.55. The SMILES string of the molecule is CCNC(=NCc1cccc(C)c1)NCCCN1CC(C)OC(C)C1. The Labute approximate surface area is 152 Å². The van der Waals surface area contributed by atoms with Crippen LogP contribution in [0.15, 0.2) is 29.3 Å². The molecule has 2 rings (SSSR count). The van der Waals surface area contributed by atoms with Crippen LogP contribution in [0.2, 0.25) is 0 Å². The van der Waals surface area contributed by atoms with Crippen LogP contribution in [0.1, 0.15) is 38.3 Å². The Morgan fingerprint density at radius 1 is 1.24 bits per heavy atom. The van der Waals surface area contributed by atoms with Crippen LogP contribution in [0.4, 0.5) is 0 Å². The van der Waals surface area contributed by atoms with E-state index in [-0.39, 0.29) is 0 Å². The number of nitrogens with one attached hydrogen (secondary N) is 2. The molecule has 1 aromatic rings. The molecule has 1 aliphatic rings. The summed E-state index contributed by atoms with van der Waals surface area (Å²) >= 11 is 0. The van der Waals surface area contributed by atoms with Crippen molar-refractivity contribution in [1.29, 1.82) is 0 Å². The van der Waals surface area contributed by atoms with E-state index in [9.17, 15) is 0 Å². The molecule has 0 spiro atoms. The fourth-order valence-corrected chi connectivity index (χ4v) is 3.30. The Bertz CT molecular complexity index is 536. The third-order valence-corrected chi connectivity index (χ3v) is 4.29. The minimum absolute atomic E-state index is 0.338. The van der Waals surface area contributed by atoms with E-state index in [0.717, 1.165) is 45.1 Å². The first-order valence-electron chi connectivity index (χ1n) is 9.52. The summed E-state index contributed by atoms with van der Waals surface area (Å²) in [5, 5.41) is 6.77. The third kappa shape index (κ3) is 7.45. The van der Waals surface area contributed by atoms with Gasteiger partial charge in [0, 0.05) is 32.7 Å². The molecular weight excluding hydrogens is 312 g/mol. The monoisotopic (exact) mass is 346 g/mol. The highest BCUT2D eigenvalue weighted by molar-refractivity contribution is 5.79. The number of rotatable bonds is 7. The quantitative estimate of drug-likeness (QED) is 0.453. The molecule has 0 amide bonds. The second-order valence-electron chi connectivity index (χ2n) is 6.98. The molecule has 0 radical (unpaired) electrons. The smallest absolute Gasteiger partial charge is 0.191 e. The Morgan fingerprint density at radius 3 is 2.68 bits per heavy atom. The lowest BCUT2D eigenvalue weighted by Crippen LogP contribution is -2.46. The van der Waals surface area contributed by atoms with Crippen LogP contribution in [0.3, 0.4) is 0 Å². The minimum atomic E-state index is 0.338. The van der Waals surface area contributed by atoms with Crippen molar-refractivity contribution >= 4 is 5.96 Å². The van der Waals surface area contributed by atoms with Crippen LogP contribution in [-0.4, -0.2) is 55.8 Å². The molecule has 2 unspecified atom stereocenters. The zero-order valence-corrected chi connectivity index (χ0v) is 16.2. The van der Waals surface area contributed by atoms with Gasteiger partial charge in [-0.2, -0.15) is 0 Å². The number of aryl methyl sites for hydroxylation is 1. The van der Waals surface area contributed by atoms with Crippen LogP contribution in [0.25, 0.3) is 0 Å². The van der Waals surface area contributed by atoms with Gasteiger partial charge in [-0.15, -0.1) is 0 Å². The highest BCUT2D eigenvalue weighted by Gasteiger charge is 2.21. The summed E-state index contributed by atoms with van der Waals surface area (Å²) in [6, 6.07) is 8.52. The molecule has 1 aromatic carbocycles. The van der Waals surface area contributed by atoms with Crippen LogP contribution < -0.4 is 10.6 Å². The Balaban J connectivity index is 1.74. The van der Waals surface area contributed by atoms with E-state index in [1.54, 1.807) is 0 Å². The van der Waals surface area contributed by atoms with Crippen molar-refractivity contribution in [3.63, 3.8) is 0 Å². The number of benzene rings is 1. The van der Waals surface area contributed by atoms with Gasteiger partial charge in [-0.05, 0) is 39.7 Å². The molecule has 0 aromatic heterocycles. The maximum Gasteiger partial charge on any atom is 0.191 e. The van der Waals surface area contributed by atoms with Gasteiger partial charge >= 0.3 is 0 Å². The number of hydrogen-bond acceptors (Lipinski definition) is 3. The number of guanidine groups is 1. The van der Waals surface area contributed by atoms with Crippen LogP contribution in [0, 0.1) is 6.92 Å². The molecular formula is C20H34N4O. The predicted octanol–water partition coefficient (Wildman–Crippen LogP) is 2.55. The Morgan fingerprint density at radius 2 is 2.00 bits per heavy atom. The van der Waals surface area contributed by atoms with Crippen LogP contribution in [-0.2, 0) is 11.3 Å². The molecule has 25 heavy (non-hydrogen) atoms. The first-order chi connectivity index (χ1) is 12.1. The summed E-state index contributed by atoms with van der Waals surface area (Å²) in [4.78, 5) is 7.19. The highest BCUT2D eigenvalue weighted by atomic mass is 16.5. The first kappa shape index (κ1) is 19.7. The summed E-state index contributed by atoms with van der Waals surface area (Å²) in [5.74, 6) is 0.896. The topological polar surface area (TPSA) is 48.9 Å². The number of aliphatic imine (C=N–C) groups is 1. The number of morpholine rings is 1. The summed E-state index contributed by atoms with van der Waals surface area (Å²) in [5.41, 5.74) is 2.52. The molecule has 1 fully saturated rings.